The Labute approximate surface area is 125 Å². The number of anilines is 1. The lowest BCUT2D eigenvalue weighted by Gasteiger charge is -2.12. The van der Waals surface area contributed by atoms with Crippen LogP contribution >= 0.6 is 11.3 Å². The lowest BCUT2D eigenvalue weighted by atomic mass is 10.0. The molecule has 0 saturated carbocycles. The molecule has 0 saturated heterocycles. The monoisotopic (exact) mass is 299 g/mol. The summed E-state index contributed by atoms with van der Waals surface area (Å²) in [5.74, 6) is -0.0756. The molecule has 4 nitrogen and oxygen atoms in total. The van der Waals surface area contributed by atoms with Crippen LogP contribution in [0.2, 0.25) is 0 Å². The van der Waals surface area contributed by atoms with Crippen LogP contribution in [0.15, 0.2) is 51.0 Å². The molecule has 0 radical (unpaired) electrons. The van der Waals surface area contributed by atoms with Gasteiger partial charge < -0.3 is 9.32 Å². The zero-order valence-electron chi connectivity index (χ0n) is 11.6. The van der Waals surface area contributed by atoms with E-state index in [1.807, 2.05) is 30.4 Å². The zero-order chi connectivity index (χ0) is 15.0. The first-order chi connectivity index (χ1) is 10.1. The molecule has 0 atom stereocenters. The Bertz CT molecular complexity index is 876. The topological polar surface area (TPSA) is 50.5 Å². The average molecular weight is 299 g/mol. The predicted octanol–water partition coefficient (Wildman–Crippen LogP) is 3.15. The van der Waals surface area contributed by atoms with E-state index in [1.54, 1.807) is 24.3 Å². The summed E-state index contributed by atoms with van der Waals surface area (Å²) >= 11 is 1.52. The number of rotatable bonds is 3. The molecule has 2 heterocycles. The fourth-order valence-electron chi connectivity index (χ4n) is 2.18. The van der Waals surface area contributed by atoms with Gasteiger partial charge in [0.1, 0.15) is 10.6 Å². The van der Waals surface area contributed by atoms with Crippen LogP contribution < -0.4 is 10.5 Å². The van der Waals surface area contributed by atoms with Crippen molar-refractivity contribution in [2.24, 2.45) is 0 Å². The van der Waals surface area contributed by atoms with E-state index in [4.69, 9.17) is 4.42 Å². The van der Waals surface area contributed by atoms with Crippen LogP contribution in [0.3, 0.4) is 0 Å². The van der Waals surface area contributed by atoms with E-state index in [9.17, 15) is 9.59 Å². The van der Waals surface area contributed by atoms with Gasteiger partial charge in [0, 0.05) is 31.1 Å². The lowest BCUT2D eigenvalue weighted by molar-refractivity contribution is 0.103. The molecule has 0 unspecified atom stereocenters. The molecule has 0 aliphatic rings. The van der Waals surface area contributed by atoms with Crippen LogP contribution in [0.25, 0.3) is 11.0 Å². The van der Waals surface area contributed by atoms with E-state index in [1.165, 1.54) is 17.4 Å². The Balaban J connectivity index is 2.09. The summed E-state index contributed by atoms with van der Waals surface area (Å²) in [4.78, 5) is 25.8. The Kier molecular flexibility index (Phi) is 3.35. The number of fused-ring (bicyclic) bond motifs is 1. The first-order valence-electron chi connectivity index (χ1n) is 6.40. The molecule has 3 aromatic rings. The normalized spacial score (nSPS) is 10.8. The maximum atomic E-state index is 12.6. The highest BCUT2D eigenvalue weighted by Gasteiger charge is 2.17. The minimum Gasteiger partial charge on any atom is -0.423 e. The van der Waals surface area contributed by atoms with Gasteiger partial charge in [-0.3, -0.25) is 4.79 Å². The second kappa shape index (κ2) is 5.18. The van der Waals surface area contributed by atoms with Crippen LogP contribution in [-0.2, 0) is 0 Å². The fourth-order valence-corrected chi connectivity index (χ4v) is 3.01. The van der Waals surface area contributed by atoms with Crippen molar-refractivity contribution in [2.75, 3.05) is 19.0 Å². The van der Waals surface area contributed by atoms with Crippen LogP contribution in [-0.4, -0.2) is 19.9 Å². The molecule has 0 aliphatic carbocycles. The van der Waals surface area contributed by atoms with Gasteiger partial charge in [0.2, 0.25) is 0 Å². The number of hydrogen-bond donors (Lipinski definition) is 0. The molecule has 0 N–H and O–H groups in total. The molecule has 0 spiro atoms. The molecule has 21 heavy (non-hydrogen) atoms. The summed E-state index contributed by atoms with van der Waals surface area (Å²) in [6.07, 6.45) is 0. The van der Waals surface area contributed by atoms with Crippen LogP contribution in [0, 0.1) is 0 Å². The second-order valence-electron chi connectivity index (χ2n) is 4.87. The van der Waals surface area contributed by atoms with E-state index >= 15 is 0 Å². The Morgan fingerprint density at radius 2 is 1.90 bits per heavy atom. The van der Waals surface area contributed by atoms with Gasteiger partial charge in [-0.1, -0.05) is 12.1 Å². The van der Waals surface area contributed by atoms with Crippen LogP contribution in [0.5, 0.6) is 0 Å². The minimum atomic E-state index is -0.420. The Morgan fingerprint density at radius 1 is 1.14 bits per heavy atom. The number of nitrogens with zero attached hydrogens (tertiary/aromatic N) is 1. The number of hydrogen-bond acceptors (Lipinski definition) is 5. The van der Waals surface area contributed by atoms with Crippen molar-refractivity contribution in [1.29, 1.82) is 0 Å². The summed E-state index contributed by atoms with van der Waals surface area (Å²) in [6.45, 7) is 0. The van der Waals surface area contributed by atoms with Gasteiger partial charge in [0.05, 0.1) is 5.56 Å². The fraction of sp³-hybridized carbons (Fsp3) is 0.125. The van der Waals surface area contributed by atoms with Gasteiger partial charge in [-0.25, -0.2) is 4.79 Å². The number of carbonyl (C=O) groups excluding carboxylic acids is 1. The lowest BCUT2D eigenvalue weighted by Crippen LogP contribution is -2.12. The standard InChI is InChI=1S/C16H13NO3S/c1-17(2)16-12(7-8-21-16)15(19)11-4-3-10-5-6-14(18)20-13(10)9-11/h3-9H,1-2H3. The molecule has 2 aromatic heterocycles. The third kappa shape index (κ3) is 2.48. The number of carbonyl (C=O) groups is 1. The van der Waals surface area contributed by atoms with Gasteiger partial charge in [-0.2, -0.15) is 0 Å². The van der Waals surface area contributed by atoms with Gasteiger partial charge in [-0.15, -0.1) is 11.3 Å². The smallest absolute Gasteiger partial charge is 0.336 e. The van der Waals surface area contributed by atoms with Crippen molar-refractivity contribution in [3.8, 4) is 0 Å². The summed E-state index contributed by atoms with van der Waals surface area (Å²) in [7, 11) is 3.81. The highest BCUT2D eigenvalue weighted by molar-refractivity contribution is 7.14. The molecule has 0 fully saturated rings. The third-order valence-corrected chi connectivity index (χ3v) is 4.26. The first kappa shape index (κ1) is 13.6. The van der Waals surface area contributed by atoms with E-state index in [2.05, 4.69) is 0 Å². The van der Waals surface area contributed by atoms with E-state index in [0.29, 0.717) is 16.7 Å². The van der Waals surface area contributed by atoms with Crippen molar-refractivity contribution in [1.82, 2.24) is 0 Å². The molecule has 0 bridgehead atoms. The highest BCUT2D eigenvalue weighted by Crippen LogP contribution is 2.28. The largest absolute Gasteiger partial charge is 0.423 e. The Morgan fingerprint density at radius 3 is 2.67 bits per heavy atom. The molecule has 0 aliphatic heterocycles. The zero-order valence-corrected chi connectivity index (χ0v) is 12.4. The van der Waals surface area contributed by atoms with E-state index < -0.39 is 5.63 Å². The Hall–Kier alpha value is -2.40. The predicted molar refractivity (Wildman–Crippen MR) is 84.6 cm³/mol. The summed E-state index contributed by atoms with van der Waals surface area (Å²) < 4.78 is 5.13. The van der Waals surface area contributed by atoms with E-state index in [-0.39, 0.29) is 5.78 Å². The summed E-state index contributed by atoms with van der Waals surface area (Å²) in [5.41, 5.74) is 1.17. The van der Waals surface area contributed by atoms with Crippen LogP contribution in [0.1, 0.15) is 15.9 Å². The molecule has 5 heteroatoms. The van der Waals surface area contributed by atoms with Gasteiger partial charge >= 0.3 is 5.63 Å². The molecular weight excluding hydrogens is 286 g/mol. The average Bonchev–Trinajstić information content (AvgIpc) is 2.95. The second-order valence-corrected chi connectivity index (χ2v) is 5.76. The number of benzene rings is 1. The third-order valence-electron chi connectivity index (χ3n) is 3.18. The van der Waals surface area contributed by atoms with Gasteiger partial charge in [0.25, 0.3) is 0 Å². The summed E-state index contributed by atoms with van der Waals surface area (Å²) in [5, 5.41) is 3.60. The first-order valence-corrected chi connectivity index (χ1v) is 7.27. The van der Waals surface area contributed by atoms with Gasteiger partial charge in [0.15, 0.2) is 5.78 Å². The van der Waals surface area contributed by atoms with Crippen molar-refractivity contribution >= 4 is 33.1 Å². The van der Waals surface area contributed by atoms with Crippen molar-refractivity contribution in [3.05, 3.63) is 63.3 Å². The molecule has 106 valence electrons. The summed E-state index contributed by atoms with van der Waals surface area (Å²) in [6, 6.07) is 10.0. The molecular formula is C16H13NO3S. The minimum absolute atomic E-state index is 0.0756. The van der Waals surface area contributed by atoms with E-state index in [0.717, 1.165) is 10.4 Å². The van der Waals surface area contributed by atoms with Crippen molar-refractivity contribution in [2.45, 2.75) is 0 Å². The molecule has 0 amide bonds. The van der Waals surface area contributed by atoms with Crippen LogP contribution in [0.4, 0.5) is 5.00 Å². The number of ketones is 1. The quantitative estimate of drug-likeness (QED) is 0.550. The SMILES string of the molecule is CN(C)c1sccc1C(=O)c1ccc2ccc(=O)oc2c1. The maximum Gasteiger partial charge on any atom is 0.336 e. The number of thiophene rings is 1. The van der Waals surface area contributed by atoms with Crippen molar-refractivity contribution < 1.29 is 9.21 Å². The molecule has 1 aromatic carbocycles. The molecule has 3 rings (SSSR count). The highest BCUT2D eigenvalue weighted by atomic mass is 32.1. The van der Waals surface area contributed by atoms with Gasteiger partial charge in [-0.05, 0) is 23.6 Å². The van der Waals surface area contributed by atoms with Crippen molar-refractivity contribution in [3.63, 3.8) is 0 Å². The maximum absolute atomic E-state index is 12.6.